The number of carbonyl (C=O) groups excluding carboxylic acids is 1. The molecule has 5 nitrogen and oxygen atoms in total. The van der Waals surface area contributed by atoms with Crippen molar-refractivity contribution in [1.29, 1.82) is 0 Å². The molecule has 0 aromatic heterocycles. The maximum Gasteiger partial charge on any atom is 0.410 e. The molecule has 0 spiro atoms. The molecular weight excluding hydrogens is 256 g/mol. The fourth-order valence-corrected chi connectivity index (χ4v) is 2.84. The fraction of sp³-hybridized carbons (Fsp3) is 0.933. The Hall–Kier alpha value is -0.810. The number of rotatable bonds is 2. The van der Waals surface area contributed by atoms with Crippen molar-refractivity contribution in [3.05, 3.63) is 0 Å². The number of morpholine rings is 1. The maximum absolute atomic E-state index is 12.1. The highest BCUT2D eigenvalue weighted by Crippen LogP contribution is 2.22. The Morgan fingerprint density at radius 2 is 2.05 bits per heavy atom. The smallest absolute Gasteiger partial charge is 0.410 e. The van der Waals surface area contributed by atoms with Crippen LogP contribution in [0.3, 0.4) is 0 Å². The van der Waals surface area contributed by atoms with Gasteiger partial charge in [0, 0.05) is 6.54 Å². The summed E-state index contributed by atoms with van der Waals surface area (Å²) in [6.07, 6.45) is 3.44. The van der Waals surface area contributed by atoms with Crippen LogP contribution in [0, 0.1) is 5.92 Å². The number of amides is 1. The molecule has 1 amide bonds. The van der Waals surface area contributed by atoms with Crippen molar-refractivity contribution in [3.63, 3.8) is 0 Å². The quantitative estimate of drug-likeness (QED) is 0.843. The Morgan fingerprint density at radius 1 is 1.35 bits per heavy atom. The zero-order valence-electron chi connectivity index (χ0n) is 13.0. The van der Waals surface area contributed by atoms with Crippen LogP contribution < -0.4 is 5.32 Å². The van der Waals surface area contributed by atoms with E-state index >= 15 is 0 Å². The first-order valence-electron chi connectivity index (χ1n) is 7.74. The molecule has 0 saturated carbocycles. The second-order valence-electron chi connectivity index (χ2n) is 6.85. The first kappa shape index (κ1) is 15.6. The Balaban J connectivity index is 1.80. The number of hydrogen-bond donors (Lipinski definition) is 1. The summed E-state index contributed by atoms with van der Waals surface area (Å²) in [6, 6.07) is 0. The van der Waals surface area contributed by atoms with Crippen molar-refractivity contribution in [2.75, 3.05) is 32.8 Å². The molecule has 0 aliphatic carbocycles. The molecule has 0 bridgehead atoms. The van der Waals surface area contributed by atoms with Gasteiger partial charge < -0.3 is 19.7 Å². The van der Waals surface area contributed by atoms with Gasteiger partial charge in [-0.3, -0.25) is 0 Å². The lowest BCUT2D eigenvalue weighted by atomic mass is 9.91. The van der Waals surface area contributed by atoms with Crippen LogP contribution in [0.25, 0.3) is 0 Å². The van der Waals surface area contributed by atoms with Crippen molar-refractivity contribution < 1.29 is 14.3 Å². The molecule has 1 unspecified atom stereocenters. The predicted octanol–water partition coefficient (Wildman–Crippen LogP) is 2.01. The molecule has 2 saturated heterocycles. The number of ether oxygens (including phenoxy) is 2. The summed E-state index contributed by atoms with van der Waals surface area (Å²) in [7, 11) is 0. The van der Waals surface area contributed by atoms with Crippen LogP contribution in [0.5, 0.6) is 0 Å². The Bertz CT molecular complexity index is 322. The van der Waals surface area contributed by atoms with E-state index in [1.54, 1.807) is 4.90 Å². The van der Waals surface area contributed by atoms with Crippen molar-refractivity contribution in [2.24, 2.45) is 5.92 Å². The lowest BCUT2D eigenvalue weighted by molar-refractivity contribution is -0.0507. The van der Waals surface area contributed by atoms with Crippen LogP contribution >= 0.6 is 0 Å². The van der Waals surface area contributed by atoms with Crippen LogP contribution in [0.15, 0.2) is 0 Å². The van der Waals surface area contributed by atoms with Crippen LogP contribution in [-0.4, -0.2) is 55.5 Å². The molecule has 2 heterocycles. The van der Waals surface area contributed by atoms with Gasteiger partial charge in [-0.05, 0) is 59.0 Å². The second-order valence-corrected chi connectivity index (χ2v) is 6.85. The van der Waals surface area contributed by atoms with E-state index in [9.17, 15) is 4.79 Å². The summed E-state index contributed by atoms with van der Waals surface area (Å²) in [5, 5.41) is 3.38. The minimum absolute atomic E-state index is 0.166. The predicted molar refractivity (Wildman–Crippen MR) is 77.8 cm³/mol. The molecule has 116 valence electrons. The molecule has 2 rings (SSSR count). The Labute approximate surface area is 122 Å². The van der Waals surface area contributed by atoms with E-state index in [4.69, 9.17) is 9.47 Å². The number of nitrogens with zero attached hydrogens (tertiary/aromatic N) is 1. The third-order valence-corrected chi connectivity index (χ3v) is 3.85. The van der Waals surface area contributed by atoms with Gasteiger partial charge in [-0.25, -0.2) is 4.79 Å². The Kier molecular flexibility index (Phi) is 5.27. The van der Waals surface area contributed by atoms with Gasteiger partial charge in [0.1, 0.15) is 5.60 Å². The lowest BCUT2D eigenvalue weighted by Gasteiger charge is -2.36. The van der Waals surface area contributed by atoms with Crippen LogP contribution in [0.1, 0.15) is 40.0 Å². The SMILES string of the molecule is CC(C)(C)OC(=O)N1CCOC(CC2CCNCC2)C1. The number of carbonyl (C=O) groups is 1. The summed E-state index contributed by atoms with van der Waals surface area (Å²) < 4.78 is 11.3. The average Bonchev–Trinajstić information content (AvgIpc) is 2.38. The van der Waals surface area contributed by atoms with Crippen molar-refractivity contribution in [2.45, 2.75) is 51.7 Å². The highest BCUT2D eigenvalue weighted by atomic mass is 16.6. The van der Waals surface area contributed by atoms with Crippen molar-refractivity contribution >= 4 is 6.09 Å². The van der Waals surface area contributed by atoms with Gasteiger partial charge in [-0.15, -0.1) is 0 Å². The molecular formula is C15H28N2O3. The summed E-state index contributed by atoms with van der Waals surface area (Å²) in [4.78, 5) is 13.9. The van der Waals surface area contributed by atoms with E-state index in [0.29, 0.717) is 19.7 Å². The summed E-state index contributed by atoms with van der Waals surface area (Å²) in [6.45, 7) is 9.83. The molecule has 2 fully saturated rings. The highest BCUT2D eigenvalue weighted by molar-refractivity contribution is 5.68. The molecule has 0 aromatic rings. The first-order valence-corrected chi connectivity index (χ1v) is 7.74. The van der Waals surface area contributed by atoms with E-state index in [-0.39, 0.29) is 12.2 Å². The van der Waals surface area contributed by atoms with Gasteiger partial charge in [-0.2, -0.15) is 0 Å². The standard InChI is InChI=1S/C15H28N2O3/c1-15(2,3)20-14(18)17-8-9-19-13(11-17)10-12-4-6-16-7-5-12/h12-13,16H,4-11H2,1-3H3. The van der Waals surface area contributed by atoms with Crippen LogP contribution in [0.2, 0.25) is 0 Å². The molecule has 0 aromatic carbocycles. The minimum atomic E-state index is -0.431. The van der Waals surface area contributed by atoms with Crippen LogP contribution in [-0.2, 0) is 9.47 Å². The average molecular weight is 284 g/mol. The third-order valence-electron chi connectivity index (χ3n) is 3.85. The van der Waals surface area contributed by atoms with Gasteiger partial charge in [0.2, 0.25) is 0 Å². The second kappa shape index (κ2) is 6.76. The van der Waals surface area contributed by atoms with Crippen molar-refractivity contribution in [1.82, 2.24) is 10.2 Å². The van der Waals surface area contributed by atoms with E-state index in [0.717, 1.165) is 25.4 Å². The van der Waals surface area contributed by atoms with E-state index in [1.165, 1.54) is 12.8 Å². The molecule has 20 heavy (non-hydrogen) atoms. The lowest BCUT2D eigenvalue weighted by Crippen LogP contribution is -2.48. The van der Waals surface area contributed by atoms with Gasteiger partial charge >= 0.3 is 6.09 Å². The van der Waals surface area contributed by atoms with Gasteiger partial charge in [-0.1, -0.05) is 0 Å². The van der Waals surface area contributed by atoms with Crippen molar-refractivity contribution in [3.8, 4) is 0 Å². The van der Waals surface area contributed by atoms with Crippen LogP contribution in [0.4, 0.5) is 4.79 Å². The molecule has 5 heteroatoms. The molecule has 0 radical (unpaired) electrons. The molecule has 1 N–H and O–H groups in total. The van der Waals surface area contributed by atoms with E-state index in [2.05, 4.69) is 5.32 Å². The zero-order valence-corrected chi connectivity index (χ0v) is 13.0. The highest BCUT2D eigenvalue weighted by Gasteiger charge is 2.29. The topological polar surface area (TPSA) is 50.8 Å². The molecule has 2 aliphatic rings. The van der Waals surface area contributed by atoms with Gasteiger partial charge in [0.05, 0.1) is 19.3 Å². The summed E-state index contributed by atoms with van der Waals surface area (Å²) in [5.41, 5.74) is -0.431. The van der Waals surface area contributed by atoms with Gasteiger partial charge in [0.15, 0.2) is 0 Å². The minimum Gasteiger partial charge on any atom is -0.444 e. The number of hydrogen-bond acceptors (Lipinski definition) is 4. The Morgan fingerprint density at radius 3 is 2.70 bits per heavy atom. The monoisotopic (exact) mass is 284 g/mol. The van der Waals surface area contributed by atoms with E-state index in [1.807, 2.05) is 20.8 Å². The third kappa shape index (κ3) is 4.94. The molecule has 1 atom stereocenters. The zero-order chi connectivity index (χ0) is 14.6. The molecule has 2 aliphatic heterocycles. The number of piperidine rings is 1. The van der Waals surface area contributed by atoms with E-state index < -0.39 is 5.60 Å². The first-order chi connectivity index (χ1) is 9.44. The maximum atomic E-state index is 12.1. The number of nitrogens with one attached hydrogen (secondary N) is 1. The largest absolute Gasteiger partial charge is 0.444 e. The summed E-state index contributed by atoms with van der Waals surface area (Å²) in [5.74, 6) is 0.722. The van der Waals surface area contributed by atoms with Gasteiger partial charge in [0.25, 0.3) is 0 Å². The summed E-state index contributed by atoms with van der Waals surface area (Å²) >= 11 is 0. The normalized spacial score (nSPS) is 25.6. The fourth-order valence-electron chi connectivity index (χ4n) is 2.84.